The molecule has 2 aromatic carbocycles. The second-order valence-electron chi connectivity index (χ2n) is 6.00. The molecule has 0 aliphatic rings. The van der Waals surface area contributed by atoms with E-state index in [1.165, 1.54) is 12.4 Å². The molecule has 7 heteroatoms. The van der Waals surface area contributed by atoms with Crippen molar-refractivity contribution < 1.29 is 4.79 Å². The summed E-state index contributed by atoms with van der Waals surface area (Å²) >= 11 is 6.28. The largest absolute Gasteiger partial charge is 0.323 e. The first-order chi connectivity index (χ1) is 13.0. The van der Waals surface area contributed by atoms with Gasteiger partial charge < -0.3 is 10.6 Å². The predicted octanol–water partition coefficient (Wildman–Crippen LogP) is 4.61. The van der Waals surface area contributed by atoms with Gasteiger partial charge in [0.25, 0.3) is 5.91 Å². The second-order valence-corrected chi connectivity index (χ2v) is 6.41. The number of aryl methyl sites for hydroxylation is 2. The highest BCUT2D eigenvalue weighted by Gasteiger charge is 2.10. The normalized spacial score (nSPS) is 10.1. The lowest BCUT2D eigenvalue weighted by atomic mass is 10.1. The van der Waals surface area contributed by atoms with Crippen LogP contribution in [0.5, 0.6) is 0 Å². The Morgan fingerprint density at radius 1 is 1.11 bits per heavy atom. The van der Waals surface area contributed by atoms with Gasteiger partial charge in [-0.05, 0) is 55.3 Å². The summed E-state index contributed by atoms with van der Waals surface area (Å²) in [6.07, 6.45) is 2.87. The monoisotopic (exact) mass is 377 g/mol. The number of aromatic nitrogens is 2. The Balaban J connectivity index is 1.71. The number of amides is 1. The third-order valence-corrected chi connectivity index (χ3v) is 4.15. The Hall–Kier alpha value is -3.43. The highest BCUT2D eigenvalue weighted by Crippen LogP contribution is 2.29. The van der Waals surface area contributed by atoms with Gasteiger partial charge in [0.15, 0.2) is 0 Å². The van der Waals surface area contributed by atoms with E-state index in [1.807, 2.05) is 32.0 Å². The Morgan fingerprint density at radius 2 is 1.78 bits per heavy atom. The molecule has 1 amide bonds. The topological polar surface area (TPSA) is 90.7 Å². The summed E-state index contributed by atoms with van der Waals surface area (Å²) in [7, 11) is 0. The lowest BCUT2D eigenvalue weighted by Gasteiger charge is -2.11. The van der Waals surface area contributed by atoms with Crippen molar-refractivity contribution in [3.8, 4) is 6.07 Å². The van der Waals surface area contributed by atoms with Crippen molar-refractivity contribution in [1.82, 2.24) is 9.97 Å². The van der Waals surface area contributed by atoms with E-state index in [4.69, 9.17) is 16.9 Å². The maximum absolute atomic E-state index is 12.3. The maximum atomic E-state index is 12.3. The van der Waals surface area contributed by atoms with Crippen molar-refractivity contribution in [2.24, 2.45) is 0 Å². The molecule has 6 nitrogen and oxygen atoms in total. The minimum absolute atomic E-state index is 0.316. The Morgan fingerprint density at radius 3 is 2.37 bits per heavy atom. The molecule has 0 radical (unpaired) electrons. The minimum atomic E-state index is -0.337. The molecule has 3 aromatic rings. The third kappa shape index (κ3) is 4.40. The fraction of sp³-hybridized carbons (Fsp3) is 0.100. The molecule has 0 saturated carbocycles. The van der Waals surface area contributed by atoms with E-state index >= 15 is 0 Å². The number of halogens is 1. The molecule has 0 aliphatic carbocycles. The molecular weight excluding hydrogens is 362 g/mol. The van der Waals surface area contributed by atoms with Crippen LogP contribution in [0.4, 0.5) is 17.3 Å². The van der Waals surface area contributed by atoms with E-state index in [9.17, 15) is 4.79 Å². The van der Waals surface area contributed by atoms with Gasteiger partial charge >= 0.3 is 0 Å². The summed E-state index contributed by atoms with van der Waals surface area (Å²) in [4.78, 5) is 20.7. The average molecular weight is 378 g/mol. The molecule has 27 heavy (non-hydrogen) atoms. The van der Waals surface area contributed by atoms with Crippen molar-refractivity contribution in [2.45, 2.75) is 13.8 Å². The molecule has 2 N–H and O–H groups in total. The fourth-order valence-electron chi connectivity index (χ4n) is 2.53. The van der Waals surface area contributed by atoms with Crippen LogP contribution in [0.1, 0.15) is 27.0 Å². The van der Waals surface area contributed by atoms with Gasteiger partial charge in [-0.1, -0.05) is 17.7 Å². The minimum Gasteiger partial charge on any atom is -0.323 e. The van der Waals surface area contributed by atoms with Crippen LogP contribution in [0.2, 0.25) is 5.02 Å². The van der Waals surface area contributed by atoms with Crippen LogP contribution in [0, 0.1) is 25.2 Å². The van der Waals surface area contributed by atoms with Gasteiger partial charge in [0.2, 0.25) is 5.95 Å². The third-order valence-electron chi connectivity index (χ3n) is 3.85. The van der Waals surface area contributed by atoms with E-state index in [2.05, 4.69) is 20.6 Å². The van der Waals surface area contributed by atoms with Crippen molar-refractivity contribution in [1.29, 1.82) is 5.26 Å². The highest BCUT2D eigenvalue weighted by atomic mass is 35.5. The standard InChI is InChI=1S/C20H16ClN5O/c1-12-7-13(2)18(17(21)8-12)26-20-23-10-15(11-24-20)19(27)25-16-5-3-14(9-22)4-6-16/h3-8,10-11H,1-2H3,(H,25,27)(H,23,24,26). The van der Waals surface area contributed by atoms with Gasteiger partial charge in [-0.2, -0.15) is 5.26 Å². The molecule has 1 aromatic heterocycles. The second kappa shape index (κ2) is 7.85. The number of benzene rings is 2. The maximum Gasteiger partial charge on any atom is 0.258 e. The summed E-state index contributed by atoms with van der Waals surface area (Å²) in [6, 6.07) is 12.5. The van der Waals surface area contributed by atoms with Gasteiger partial charge in [-0.15, -0.1) is 0 Å². The van der Waals surface area contributed by atoms with Crippen LogP contribution in [0.15, 0.2) is 48.8 Å². The molecule has 1 heterocycles. The highest BCUT2D eigenvalue weighted by molar-refractivity contribution is 6.33. The molecule has 0 saturated heterocycles. The molecule has 0 atom stereocenters. The van der Waals surface area contributed by atoms with E-state index < -0.39 is 0 Å². The summed E-state index contributed by atoms with van der Waals surface area (Å²) < 4.78 is 0. The zero-order valence-corrected chi connectivity index (χ0v) is 15.5. The zero-order chi connectivity index (χ0) is 19.4. The van der Waals surface area contributed by atoms with Gasteiger partial charge in [-0.3, -0.25) is 4.79 Å². The Kier molecular flexibility index (Phi) is 5.34. The number of carbonyl (C=O) groups is 1. The van der Waals surface area contributed by atoms with Crippen LogP contribution < -0.4 is 10.6 Å². The van der Waals surface area contributed by atoms with E-state index in [1.54, 1.807) is 24.3 Å². The van der Waals surface area contributed by atoms with Crippen molar-refractivity contribution >= 4 is 34.8 Å². The van der Waals surface area contributed by atoms with E-state index in [0.29, 0.717) is 27.8 Å². The molecule has 0 bridgehead atoms. The number of nitriles is 1. The van der Waals surface area contributed by atoms with Crippen molar-refractivity contribution in [3.63, 3.8) is 0 Å². The van der Waals surface area contributed by atoms with Gasteiger partial charge in [0, 0.05) is 18.1 Å². The molecular formula is C20H16ClN5O. The van der Waals surface area contributed by atoms with Crippen LogP contribution >= 0.6 is 11.6 Å². The SMILES string of the molecule is Cc1cc(C)c(Nc2ncc(C(=O)Nc3ccc(C#N)cc3)cn2)c(Cl)c1. The number of carbonyl (C=O) groups excluding carboxylic acids is 1. The van der Waals surface area contributed by atoms with Crippen molar-refractivity contribution in [2.75, 3.05) is 10.6 Å². The summed E-state index contributed by atoms with van der Waals surface area (Å²) in [5.74, 6) is 0.00887. The smallest absolute Gasteiger partial charge is 0.258 e. The number of rotatable bonds is 4. The first-order valence-electron chi connectivity index (χ1n) is 8.13. The quantitative estimate of drug-likeness (QED) is 0.692. The number of nitrogens with one attached hydrogen (secondary N) is 2. The van der Waals surface area contributed by atoms with E-state index in [0.717, 1.165) is 16.8 Å². The Bertz CT molecular complexity index is 1000. The van der Waals surface area contributed by atoms with Gasteiger partial charge in [0.1, 0.15) is 0 Å². The first-order valence-corrected chi connectivity index (χ1v) is 8.51. The number of nitrogens with zero attached hydrogens (tertiary/aromatic N) is 3. The van der Waals surface area contributed by atoms with Crippen LogP contribution in [-0.2, 0) is 0 Å². The first kappa shape index (κ1) is 18.4. The van der Waals surface area contributed by atoms with E-state index in [-0.39, 0.29) is 5.91 Å². The van der Waals surface area contributed by atoms with Crippen molar-refractivity contribution in [3.05, 3.63) is 76.1 Å². The van der Waals surface area contributed by atoms with Crippen LogP contribution in [0.3, 0.4) is 0 Å². The van der Waals surface area contributed by atoms with Gasteiger partial charge in [0.05, 0.1) is 27.9 Å². The number of hydrogen-bond donors (Lipinski definition) is 2. The molecule has 0 aliphatic heterocycles. The van der Waals surface area contributed by atoms with Crippen LogP contribution in [-0.4, -0.2) is 15.9 Å². The predicted molar refractivity (Wildman–Crippen MR) is 105 cm³/mol. The average Bonchev–Trinajstić information content (AvgIpc) is 2.65. The lowest BCUT2D eigenvalue weighted by Crippen LogP contribution is -2.13. The molecule has 134 valence electrons. The molecule has 0 fully saturated rings. The summed E-state index contributed by atoms with van der Waals surface area (Å²) in [5.41, 5.74) is 4.21. The Labute approximate surface area is 161 Å². The number of hydrogen-bond acceptors (Lipinski definition) is 5. The van der Waals surface area contributed by atoms with Crippen LogP contribution in [0.25, 0.3) is 0 Å². The fourth-order valence-corrected chi connectivity index (χ4v) is 2.90. The molecule has 0 unspecified atom stereocenters. The summed E-state index contributed by atoms with van der Waals surface area (Å²) in [6.45, 7) is 3.92. The summed E-state index contributed by atoms with van der Waals surface area (Å²) in [5, 5.41) is 15.2. The zero-order valence-electron chi connectivity index (χ0n) is 14.7. The van der Waals surface area contributed by atoms with Gasteiger partial charge in [-0.25, -0.2) is 9.97 Å². The molecule has 3 rings (SSSR count). The molecule has 0 spiro atoms. The number of anilines is 3. The lowest BCUT2D eigenvalue weighted by molar-refractivity contribution is 0.102.